The van der Waals surface area contributed by atoms with Crippen molar-refractivity contribution >= 4 is 15.9 Å². The van der Waals surface area contributed by atoms with Crippen LogP contribution in [0.5, 0.6) is 0 Å². The number of hydrogen-bond acceptors (Lipinski definition) is 1. The van der Waals surface area contributed by atoms with Gasteiger partial charge in [0.1, 0.15) is 0 Å². The summed E-state index contributed by atoms with van der Waals surface area (Å²) in [5.74, 6) is 0.647. The van der Waals surface area contributed by atoms with Gasteiger partial charge in [0.05, 0.1) is 5.69 Å². The van der Waals surface area contributed by atoms with E-state index in [1.807, 2.05) is 23.9 Å². The van der Waals surface area contributed by atoms with E-state index >= 15 is 0 Å². The Morgan fingerprint density at radius 2 is 2.45 bits per heavy atom. The number of alkyl halides is 1. The molecule has 1 heterocycles. The fraction of sp³-hybridized carbons (Fsp3) is 0.625. The summed E-state index contributed by atoms with van der Waals surface area (Å²) < 4.78 is 1.99. The monoisotopic (exact) mass is 216 g/mol. The molecule has 0 aromatic carbocycles. The minimum absolute atomic E-state index is 0.647. The van der Waals surface area contributed by atoms with Crippen LogP contribution in [-0.2, 0) is 6.54 Å². The molecule has 1 unspecified atom stereocenters. The first-order chi connectivity index (χ1) is 5.22. The summed E-state index contributed by atoms with van der Waals surface area (Å²) in [5.41, 5.74) is 1.09. The lowest BCUT2D eigenvalue weighted by molar-refractivity contribution is 0.489. The largest absolute Gasteiger partial charge is 0.272 e. The highest BCUT2D eigenvalue weighted by molar-refractivity contribution is 9.09. The maximum Gasteiger partial charge on any atom is 0.0593 e. The molecule has 0 fully saturated rings. The Bertz CT molecular complexity index is 220. The van der Waals surface area contributed by atoms with Gasteiger partial charge in [0.25, 0.3) is 0 Å². The molecule has 0 aliphatic rings. The Labute approximate surface area is 75.7 Å². The molecule has 1 rings (SSSR count). The first kappa shape index (κ1) is 8.78. The molecular weight excluding hydrogens is 204 g/mol. The quantitative estimate of drug-likeness (QED) is 0.710. The molecule has 1 aromatic heterocycles. The van der Waals surface area contributed by atoms with E-state index in [0.717, 1.165) is 17.6 Å². The highest BCUT2D eigenvalue weighted by Crippen LogP contribution is 2.03. The molecule has 11 heavy (non-hydrogen) atoms. The lowest BCUT2D eigenvalue weighted by Crippen LogP contribution is -2.08. The minimum atomic E-state index is 0.647. The maximum absolute atomic E-state index is 4.29. The van der Waals surface area contributed by atoms with Gasteiger partial charge in [0.15, 0.2) is 0 Å². The number of aromatic nitrogens is 2. The molecule has 2 nitrogen and oxygen atoms in total. The lowest BCUT2D eigenvalue weighted by Gasteiger charge is -2.06. The molecule has 0 amide bonds. The van der Waals surface area contributed by atoms with Crippen LogP contribution in [0, 0.1) is 12.8 Å². The van der Waals surface area contributed by atoms with Gasteiger partial charge in [0.2, 0.25) is 0 Å². The van der Waals surface area contributed by atoms with Gasteiger partial charge in [-0.3, -0.25) is 4.68 Å². The predicted molar refractivity (Wildman–Crippen MR) is 49.9 cm³/mol. The van der Waals surface area contributed by atoms with Crippen molar-refractivity contribution in [3.8, 4) is 0 Å². The lowest BCUT2D eigenvalue weighted by atomic mass is 10.2. The van der Waals surface area contributed by atoms with Crippen molar-refractivity contribution in [2.24, 2.45) is 5.92 Å². The van der Waals surface area contributed by atoms with E-state index in [2.05, 4.69) is 28.0 Å². The van der Waals surface area contributed by atoms with Crippen LogP contribution in [0.4, 0.5) is 0 Å². The summed E-state index contributed by atoms with van der Waals surface area (Å²) in [4.78, 5) is 0. The highest BCUT2D eigenvalue weighted by atomic mass is 79.9. The zero-order valence-corrected chi connectivity index (χ0v) is 8.50. The summed E-state index contributed by atoms with van der Waals surface area (Å²) in [7, 11) is 0. The third-order valence-corrected chi connectivity index (χ3v) is 2.64. The first-order valence-electron chi connectivity index (χ1n) is 3.78. The van der Waals surface area contributed by atoms with Crippen molar-refractivity contribution < 1.29 is 0 Å². The van der Waals surface area contributed by atoms with Gasteiger partial charge in [-0.1, -0.05) is 22.9 Å². The van der Waals surface area contributed by atoms with Crippen molar-refractivity contribution in [3.05, 3.63) is 18.0 Å². The van der Waals surface area contributed by atoms with Gasteiger partial charge in [-0.15, -0.1) is 0 Å². The Hall–Kier alpha value is -0.310. The second-order valence-electron chi connectivity index (χ2n) is 2.94. The van der Waals surface area contributed by atoms with Gasteiger partial charge in [-0.2, -0.15) is 5.10 Å². The normalized spacial score (nSPS) is 13.4. The van der Waals surface area contributed by atoms with E-state index in [1.54, 1.807) is 0 Å². The van der Waals surface area contributed by atoms with Gasteiger partial charge in [-0.25, -0.2) is 0 Å². The molecule has 0 aliphatic heterocycles. The molecule has 0 spiro atoms. The zero-order valence-electron chi connectivity index (χ0n) is 6.92. The molecule has 0 saturated heterocycles. The third-order valence-electron chi connectivity index (χ3n) is 1.54. The van der Waals surface area contributed by atoms with E-state index in [9.17, 15) is 0 Å². The van der Waals surface area contributed by atoms with Crippen molar-refractivity contribution in [1.29, 1.82) is 0 Å². The van der Waals surface area contributed by atoms with E-state index in [-0.39, 0.29) is 0 Å². The molecule has 1 aromatic rings. The molecule has 0 radical (unpaired) electrons. The average Bonchev–Trinajstić information content (AvgIpc) is 2.35. The summed E-state index contributed by atoms with van der Waals surface area (Å²) in [6.07, 6.45) is 2.02. The van der Waals surface area contributed by atoms with E-state index < -0.39 is 0 Å². The number of aryl methyl sites for hydroxylation is 1. The smallest absolute Gasteiger partial charge is 0.0593 e. The summed E-state index contributed by atoms with van der Waals surface area (Å²) in [5, 5.41) is 5.33. The van der Waals surface area contributed by atoms with Crippen LogP contribution in [0.2, 0.25) is 0 Å². The topological polar surface area (TPSA) is 17.8 Å². The van der Waals surface area contributed by atoms with Crippen molar-refractivity contribution in [3.63, 3.8) is 0 Å². The second-order valence-corrected chi connectivity index (χ2v) is 3.59. The van der Waals surface area contributed by atoms with E-state index in [4.69, 9.17) is 0 Å². The molecular formula is C8H13BrN2. The van der Waals surface area contributed by atoms with Crippen molar-refractivity contribution in [2.75, 3.05) is 5.33 Å². The first-order valence-corrected chi connectivity index (χ1v) is 4.90. The van der Waals surface area contributed by atoms with Gasteiger partial charge >= 0.3 is 0 Å². The Morgan fingerprint density at radius 1 is 1.73 bits per heavy atom. The molecule has 0 N–H and O–H groups in total. The van der Waals surface area contributed by atoms with Crippen LogP contribution in [-0.4, -0.2) is 15.1 Å². The van der Waals surface area contributed by atoms with E-state index in [0.29, 0.717) is 5.92 Å². The second kappa shape index (κ2) is 3.90. The van der Waals surface area contributed by atoms with E-state index in [1.165, 1.54) is 0 Å². The molecule has 0 bridgehead atoms. The Morgan fingerprint density at radius 3 is 2.91 bits per heavy atom. The van der Waals surface area contributed by atoms with Crippen LogP contribution in [0.1, 0.15) is 12.6 Å². The Kier molecular flexibility index (Phi) is 3.12. The fourth-order valence-corrected chi connectivity index (χ4v) is 1.14. The van der Waals surface area contributed by atoms with Crippen LogP contribution in [0.15, 0.2) is 12.3 Å². The predicted octanol–water partition coefficient (Wildman–Crippen LogP) is 2.22. The highest BCUT2D eigenvalue weighted by Gasteiger charge is 2.00. The standard InChI is InChI=1S/C8H13BrN2/c1-7(5-9)6-11-4-3-8(2)10-11/h3-4,7H,5-6H2,1-2H3. The average molecular weight is 217 g/mol. The number of hydrogen-bond donors (Lipinski definition) is 0. The Balaban J connectivity index is 2.50. The van der Waals surface area contributed by atoms with Crippen LogP contribution in [0.3, 0.4) is 0 Å². The van der Waals surface area contributed by atoms with Gasteiger partial charge in [0, 0.05) is 18.1 Å². The fourth-order valence-electron chi connectivity index (χ4n) is 0.933. The summed E-state index contributed by atoms with van der Waals surface area (Å²) in [6.45, 7) is 5.21. The third kappa shape index (κ3) is 2.66. The molecule has 62 valence electrons. The van der Waals surface area contributed by atoms with Crippen LogP contribution >= 0.6 is 15.9 Å². The maximum atomic E-state index is 4.29. The van der Waals surface area contributed by atoms with Crippen LogP contribution < -0.4 is 0 Å². The summed E-state index contributed by atoms with van der Waals surface area (Å²) >= 11 is 3.44. The SMILES string of the molecule is Cc1ccn(CC(C)CBr)n1. The summed E-state index contributed by atoms with van der Waals surface area (Å²) in [6, 6.07) is 2.03. The van der Waals surface area contributed by atoms with Crippen molar-refractivity contribution in [2.45, 2.75) is 20.4 Å². The van der Waals surface area contributed by atoms with Gasteiger partial charge < -0.3 is 0 Å². The number of rotatable bonds is 3. The number of nitrogens with zero attached hydrogens (tertiary/aromatic N) is 2. The van der Waals surface area contributed by atoms with Gasteiger partial charge in [-0.05, 0) is 18.9 Å². The zero-order chi connectivity index (χ0) is 8.27. The van der Waals surface area contributed by atoms with Crippen molar-refractivity contribution in [1.82, 2.24) is 9.78 Å². The molecule has 0 saturated carbocycles. The molecule has 0 aliphatic carbocycles. The van der Waals surface area contributed by atoms with Crippen LogP contribution in [0.25, 0.3) is 0 Å². The minimum Gasteiger partial charge on any atom is -0.272 e. The molecule has 1 atom stereocenters. The number of halogens is 1. The molecule has 3 heteroatoms.